The number of aliphatic hydroxyl groups is 1. The van der Waals surface area contributed by atoms with Crippen molar-refractivity contribution in [1.82, 2.24) is 4.90 Å². The molecule has 0 bridgehead atoms. The van der Waals surface area contributed by atoms with Gasteiger partial charge in [-0.05, 0) is 18.2 Å². The number of hydrogen-bond donors (Lipinski definition) is 2. The predicted octanol–water partition coefficient (Wildman–Crippen LogP) is 1.54. The van der Waals surface area contributed by atoms with Crippen LogP contribution in [0.15, 0.2) is 24.3 Å². The van der Waals surface area contributed by atoms with Crippen LogP contribution in [0.25, 0.3) is 6.08 Å². The van der Waals surface area contributed by atoms with E-state index < -0.39 is 29.8 Å². The normalized spacial score (nSPS) is 22.0. The van der Waals surface area contributed by atoms with Gasteiger partial charge in [0.15, 0.2) is 0 Å². The Morgan fingerprint density at radius 1 is 1.43 bits per heavy atom. The average Bonchev–Trinajstić information content (AvgIpc) is 2.80. The molecule has 2 N–H and O–H groups in total. The largest absolute Gasteiger partial charge is 0.480 e. The van der Waals surface area contributed by atoms with Crippen molar-refractivity contribution in [2.45, 2.75) is 18.6 Å². The maximum atomic E-state index is 13.6. The Hall–Kier alpha value is -1.92. The van der Waals surface area contributed by atoms with E-state index in [4.69, 9.17) is 16.7 Å². The van der Waals surface area contributed by atoms with Crippen LogP contribution in [-0.2, 0) is 9.59 Å². The Balaban J connectivity index is 2.17. The van der Waals surface area contributed by atoms with Crippen molar-refractivity contribution in [3.63, 3.8) is 0 Å². The predicted molar refractivity (Wildman–Crippen MR) is 74.2 cm³/mol. The van der Waals surface area contributed by atoms with Crippen LogP contribution < -0.4 is 0 Å². The molecule has 112 valence electrons. The first-order valence-corrected chi connectivity index (χ1v) is 6.61. The lowest BCUT2D eigenvalue weighted by molar-refractivity contribution is -0.146. The number of carboxylic acid groups (broad SMARTS) is 1. The van der Waals surface area contributed by atoms with Gasteiger partial charge < -0.3 is 15.1 Å². The third-order valence-corrected chi connectivity index (χ3v) is 3.57. The highest BCUT2D eigenvalue weighted by Crippen LogP contribution is 2.22. The van der Waals surface area contributed by atoms with Crippen molar-refractivity contribution in [3.05, 3.63) is 40.7 Å². The summed E-state index contributed by atoms with van der Waals surface area (Å²) >= 11 is 5.82. The molecule has 1 aliphatic rings. The molecule has 1 heterocycles. The van der Waals surface area contributed by atoms with Gasteiger partial charge in [-0.3, -0.25) is 4.79 Å². The number of amides is 1. The van der Waals surface area contributed by atoms with Gasteiger partial charge in [-0.15, -0.1) is 0 Å². The average molecular weight is 314 g/mol. The van der Waals surface area contributed by atoms with Crippen molar-refractivity contribution in [2.24, 2.45) is 0 Å². The van der Waals surface area contributed by atoms with E-state index in [0.717, 1.165) is 11.0 Å². The smallest absolute Gasteiger partial charge is 0.326 e. The van der Waals surface area contributed by atoms with Gasteiger partial charge in [0, 0.05) is 24.6 Å². The highest BCUT2D eigenvalue weighted by Gasteiger charge is 2.38. The number of carbonyl (C=O) groups excluding carboxylic acids is 1. The van der Waals surface area contributed by atoms with Crippen LogP contribution in [0.3, 0.4) is 0 Å². The third-order valence-electron chi connectivity index (χ3n) is 3.24. The molecule has 0 saturated carbocycles. The van der Waals surface area contributed by atoms with E-state index in [9.17, 15) is 19.1 Å². The van der Waals surface area contributed by atoms with Crippen LogP contribution in [0, 0.1) is 5.82 Å². The Morgan fingerprint density at radius 3 is 2.76 bits per heavy atom. The highest BCUT2D eigenvalue weighted by atomic mass is 35.5. The molecule has 1 aromatic rings. The van der Waals surface area contributed by atoms with E-state index in [1.165, 1.54) is 24.3 Å². The van der Waals surface area contributed by atoms with E-state index in [-0.39, 0.29) is 23.6 Å². The zero-order valence-corrected chi connectivity index (χ0v) is 11.6. The Bertz CT molecular complexity index is 584. The first kappa shape index (κ1) is 15.5. The summed E-state index contributed by atoms with van der Waals surface area (Å²) in [6.07, 6.45) is 1.36. The van der Waals surface area contributed by atoms with Crippen LogP contribution in [0.4, 0.5) is 4.39 Å². The molecular weight excluding hydrogens is 301 g/mol. The fraction of sp³-hybridized carbons (Fsp3) is 0.286. The minimum absolute atomic E-state index is 0.0185. The first-order chi connectivity index (χ1) is 9.90. The molecule has 0 unspecified atom stereocenters. The second kappa shape index (κ2) is 6.24. The summed E-state index contributed by atoms with van der Waals surface area (Å²) in [5.41, 5.74) is 0.0548. The summed E-state index contributed by atoms with van der Waals surface area (Å²) in [6, 6.07) is 3.05. The Labute approximate surface area is 125 Å². The number of benzene rings is 1. The fourth-order valence-electron chi connectivity index (χ4n) is 2.21. The quantitative estimate of drug-likeness (QED) is 0.830. The number of rotatable bonds is 3. The molecular formula is C14H13ClFNO4. The maximum absolute atomic E-state index is 13.6. The lowest BCUT2D eigenvalue weighted by Gasteiger charge is -2.19. The van der Waals surface area contributed by atoms with Crippen LogP contribution in [0.1, 0.15) is 12.0 Å². The Morgan fingerprint density at radius 2 is 2.14 bits per heavy atom. The summed E-state index contributed by atoms with van der Waals surface area (Å²) in [5, 5.41) is 18.6. The van der Waals surface area contributed by atoms with Crippen molar-refractivity contribution >= 4 is 29.6 Å². The Kier molecular flexibility index (Phi) is 4.59. The zero-order valence-electron chi connectivity index (χ0n) is 10.9. The number of nitrogens with zero attached hydrogens (tertiary/aromatic N) is 1. The molecule has 1 aliphatic heterocycles. The third kappa shape index (κ3) is 3.40. The highest BCUT2D eigenvalue weighted by molar-refractivity contribution is 6.32. The van der Waals surface area contributed by atoms with Gasteiger partial charge in [-0.25, -0.2) is 9.18 Å². The van der Waals surface area contributed by atoms with E-state index in [1.807, 2.05) is 0 Å². The van der Waals surface area contributed by atoms with E-state index in [0.29, 0.717) is 0 Å². The lowest BCUT2D eigenvalue weighted by atomic mass is 10.2. The second-order valence-corrected chi connectivity index (χ2v) is 5.11. The van der Waals surface area contributed by atoms with Gasteiger partial charge >= 0.3 is 5.97 Å². The van der Waals surface area contributed by atoms with Gasteiger partial charge in [0.1, 0.15) is 11.9 Å². The van der Waals surface area contributed by atoms with E-state index >= 15 is 0 Å². The van der Waals surface area contributed by atoms with Gasteiger partial charge in [-0.2, -0.15) is 0 Å². The molecule has 2 rings (SSSR count). The number of carbonyl (C=O) groups is 2. The monoisotopic (exact) mass is 313 g/mol. The molecule has 2 atom stereocenters. The van der Waals surface area contributed by atoms with Crippen molar-refractivity contribution in [2.75, 3.05) is 6.54 Å². The van der Waals surface area contributed by atoms with Crippen LogP contribution in [0.2, 0.25) is 5.02 Å². The molecule has 5 nitrogen and oxygen atoms in total. The topological polar surface area (TPSA) is 77.8 Å². The zero-order chi connectivity index (χ0) is 15.6. The first-order valence-electron chi connectivity index (χ1n) is 6.23. The second-order valence-electron chi connectivity index (χ2n) is 4.70. The molecule has 1 fully saturated rings. The van der Waals surface area contributed by atoms with Gasteiger partial charge in [0.05, 0.1) is 11.1 Å². The molecule has 0 aromatic heterocycles. The molecule has 21 heavy (non-hydrogen) atoms. The molecule has 0 aliphatic carbocycles. The minimum atomic E-state index is -1.18. The standard InChI is InChI=1S/C14H13ClFNO4/c15-10-2-1-3-11(16)9(10)4-5-13(19)17-7-8(18)6-12(17)14(20)21/h1-5,8,12,18H,6-7H2,(H,20,21)/t8-,12-/m1/s1. The number of aliphatic hydroxyl groups excluding tert-OH is 1. The molecule has 0 radical (unpaired) electrons. The number of carboxylic acids is 1. The summed E-state index contributed by atoms with van der Waals surface area (Å²) in [6.45, 7) is -0.0643. The van der Waals surface area contributed by atoms with Crippen molar-refractivity contribution in [1.29, 1.82) is 0 Å². The van der Waals surface area contributed by atoms with Crippen molar-refractivity contribution in [3.8, 4) is 0 Å². The molecule has 0 spiro atoms. The van der Waals surface area contributed by atoms with Crippen LogP contribution >= 0.6 is 11.6 Å². The summed E-state index contributed by atoms with van der Waals surface area (Å²) in [4.78, 5) is 24.1. The van der Waals surface area contributed by atoms with Crippen molar-refractivity contribution < 1.29 is 24.2 Å². The molecule has 1 aromatic carbocycles. The molecule has 7 heteroatoms. The number of β-amino-alcohol motifs (C(OH)–C–C–N with tert-alkyl or cyclic N) is 1. The molecule has 1 amide bonds. The van der Waals surface area contributed by atoms with Gasteiger partial charge in [-0.1, -0.05) is 17.7 Å². The summed E-state index contributed by atoms with van der Waals surface area (Å²) < 4.78 is 13.6. The van der Waals surface area contributed by atoms with E-state index in [2.05, 4.69) is 0 Å². The fourth-order valence-corrected chi connectivity index (χ4v) is 2.44. The number of hydrogen-bond acceptors (Lipinski definition) is 3. The van der Waals surface area contributed by atoms with Gasteiger partial charge in [0.2, 0.25) is 5.91 Å². The SMILES string of the molecule is O=C(O)[C@H]1C[C@@H](O)CN1C(=O)C=Cc1c(F)cccc1Cl. The van der Waals surface area contributed by atoms with Gasteiger partial charge in [0.25, 0.3) is 0 Å². The summed E-state index contributed by atoms with van der Waals surface area (Å²) in [7, 11) is 0. The van der Waals surface area contributed by atoms with Crippen LogP contribution in [0.5, 0.6) is 0 Å². The number of halogens is 2. The number of likely N-dealkylation sites (tertiary alicyclic amines) is 1. The summed E-state index contributed by atoms with van der Waals surface area (Å²) in [5.74, 6) is -2.38. The maximum Gasteiger partial charge on any atom is 0.326 e. The number of aliphatic carboxylic acids is 1. The van der Waals surface area contributed by atoms with E-state index in [1.54, 1.807) is 0 Å². The molecule has 1 saturated heterocycles. The van der Waals surface area contributed by atoms with Crippen LogP contribution in [-0.4, -0.2) is 45.7 Å². The lowest BCUT2D eigenvalue weighted by Crippen LogP contribution is -2.39. The minimum Gasteiger partial charge on any atom is -0.480 e.